The Hall–Kier alpha value is -1.36. The zero-order chi connectivity index (χ0) is 9.68. The maximum Gasteiger partial charge on any atom is 0.305 e. The van der Waals surface area contributed by atoms with Crippen LogP contribution in [0.15, 0.2) is 12.4 Å². The van der Waals surface area contributed by atoms with Crippen molar-refractivity contribution in [1.82, 2.24) is 9.97 Å². The normalized spacial score (nSPS) is 9.62. The van der Waals surface area contributed by atoms with E-state index in [0.29, 0.717) is 17.5 Å². The molecule has 5 nitrogen and oxygen atoms in total. The summed E-state index contributed by atoms with van der Waals surface area (Å²) in [4.78, 5) is 17.8. The van der Waals surface area contributed by atoms with E-state index < -0.39 is 5.97 Å². The van der Waals surface area contributed by atoms with Gasteiger partial charge in [0.25, 0.3) is 0 Å². The molecule has 0 amide bonds. The number of hydrogen-bond acceptors (Lipinski definition) is 4. The minimum atomic E-state index is -0.852. The Balaban J connectivity index is 2.37. The summed E-state index contributed by atoms with van der Waals surface area (Å²) in [6, 6.07) is 0. The average molecular weight is 202 g/mol. The largest absolute Gasteiger partial charge is 0.481 e. The Kier molecular flexibility index (Phi) is 3.45. The average Bonchev–Trinajstić information content (AvgIpc) is 2.08. The van der Waals surface area contributed by atoms with E-state index in [1.165, 1.54) is 12.4 Å². The van der Waals surface area contributed by atoms with Gasteiger partial charge >= 0.3 is 5.97 Å². The molecule has 0 fully saturated rings. The van der Waals surface area contributed by atoms with Crippen molar-refractivity contribution in [2.75, 3.05) is 11.9 Å². The summed E-state index contributed by atoms with van der Waals surface area (Å²) in [5.41, 5.74) is 0. The van der Waals surface area contributed by atoms with Gasteiger partial charge in [0.15, 0.2) is 0 Å². The lowest BCUT2D eigenvalue weighted by molar-refractivity contribution is -0.136. The van der Waals surface area contributed by atoms with E-state index in [9.17, 15) is 4.79 Å². The molecule has 0 unspecified atom stereocenters. The number of carbonyl (C=O) groups is 1. The highest BCUT2D eigenvalue weighted by molar-refractivity contribution is 6.29. The lowest BCUT2D eigenvalue weighted by Gasteiger charge is -2.01. The van der Waals surface area contributed by atoms with Gasteiger partial charge in [0, 0.05) is 6.54 Å². The highest BCUT2D eigenvalue weighted by Crippen LogP contribution is 2.04. The van der Waals surface area contributed by atoms with Crippen LogP contribution in [0.1, 0.15) is 6.42 Å². The molecule has 0 radical (unpaired) electrons. The van der Waals surface area contributed by atoms with Crippen LogP contribution in [0.2, 0.25) is 5.15 Å². The van der Waals surface area contributed by atoms with Crippen molar-refractivity contribution in [2.24, 2.45) is 0 Å². The van der Waals surface area contributed by atoms with Crippen LogP contribution >= 0.6 is 11.6 Å². The summed E-state index contributed by atoms with van der Waals surface area (Å²) < 4.78 is 0. The molecule has 0 aliphatic heterocycles. The molecule has 1 heterocycles. The van der Waals surface area contributed by atoms with Gasteiger partial charge in [-0.25, -0.2) is 9.97 Å². The molecule has 70 valence electrons. The molecule has 0 spiro atoms. The minimum Gasteiger partial charge on any atom is -0.481 e. The second-order valence-electron chi connectivity index (χ2n) is 2.29. The first-order chi connectivity index (χ1) is 6.18. The molecular formula is C7H8ClN3O2. The van der Waals surface area contributed by atoms with Gasteiger partial charge in [-0.2, -0.15) is 0 Å². The van der Waals surface area contributed by atoms with Crippen molar-refractivity contribution in [3.63, 3.8) is 0 Å². The zero-order valence-corrected chi connectivity index (χ0v) is 7.45. The van der Waals surface area contributed by atoms with Gasteiger partial charge < -0.3 is 10.4 Å². The number of nitrogens with one attached hydrogen (secondary N) is 1. The Bertz CT molecular complexity index is 288. The number of aliphatic carboxylic acids is 1. The number of hydrogen-bond donors (Lipinski definition) is 2. The number of nitrogens with zero attached hydrogens (tertiary/aromatic N) is 2. The van der Waals surface area contributed by atoms with E-state index in [0.717, 1.165) is 0 Å². The number of anilines is 1. The van der Waals surface area contributed by atoms with Gasteiger partial charge in [0.1, 0.15) is 11.0 Å². The maximum absolute atomic E-state index is 10.1. The smallest absolute Gasteiger partial charge is 0.305 e. The molecule has 0 saturated carbocycles. The van der Waals surface area contributed by atoms with Crippen LogP contribution in [0.4, 0.5) is 5.82 Å². The molecular weight excluding hydrogens is 194 g/mol. The molecule has 1 aromatic heterocycles. The monoisotopic (exact) mass is 201 g/mol. The second kappa shape index (κ2) is 4.61. The maximum atomic E-state index is 10.1. The van der Waals surface area contributed by atoms with E-state index >= 15 is 0 Å². The molecule has 0 bridgehead atoms. The highest BCUT2D eigenvalue weighted by Gasteiger charge is 1.97. The quantitative estimate of drug-likeness (QED) is 0.761. The van der Waals surface area contributed by atoms with E-state index in [1.54, 1.807) is 0 Å². The summed E-state index contributed by atoms with van der Waals surface area (Å²) in [7, 11) is 0. The fraction of sp³-hybridized carbons (Fsp3) is 0.286. The fourth-order valence-corrected chi connectivity index (χ4v) is 0.799. The molecule has 0 aromatic carbocycles. The zero-order valence-electron chi connectivity index (χ0n) is 6.70. The third kappa shape index (κ3) is 3.71. The second-order valence-corrected chi connectivity index (χ2v) is 2.68. The minimum absolute atomic E-state index is 0.0459. The van der Waals surface area contributed by atoms with E-state index in [1.807, 2.05) is 0 Å². The lowest BCUT2D eigenvalue weighted by atomic mass is 10.4. The summed E-state index contributed by atoms with van der Waals surface area (Å²) in [5.74, 6) is -0.333. The van der Waals surface area contributed by atoms with Crippen LogP contribution in [-0.4, -0.2) is 27.6 Å². The molecule has 13 heavy (non-hydrogen) atoms. The van der Waals surface area contributed by atoms with Crippen LogP contribution < -0.4 is 5.32 Å². The Morgan fingerprint density at radius 1 is 1.54 bits per heavy atom. The Morgan fingerprint density at radius 2 is 2.31 bits per heavy atom. The molecule has 2 N–H and O–H groups in total. The molecule has 1 rings (SSSR count). The molecule has 0 aliphatic rings. The Labute approximate surface area is 79.8 Å². The van der Waals surface area contributed by atoms with Gasteiger partial charge in [0.05, 0.1) is 18.8 Å². The fourth-order valence-electron chi connectivity index (χ4n) is 0.701. The summed E-state index contributed by atoms with van der Waals surface area (Å²) in [5, 5.41) is 11.4. The van der Waals surface area contributed by atoms with Gasteiger partial charge in [-0.15, -0.1) is 0 Å². The van der Waals surface area contributed by atoms with Crippen LogP contribution in [0, 0.1) is 0 Å². The topological polar surface area (TPSA) is 75.1 Å². The van der Waals surface area contributed by atoms with Crippen LogP contribution in [0.5, 0.6) is 0 Å². The van der Waals surface area contributed by atoms with Crippen molar-refractivity contribution in [3.05, 3.63) is 17.5 Å². The first-order valence-corrected chi connectivity index (χ1v) is 3.99. The van der Waals surface area contributed by atoms with Crippen LogP contribution in [0.3, 0.4) is 0 Å². The van der Waals surface area contributed by atoms with Crippen LogP contribution in [0.25, 0.3) is 0 Å². The van der Waals surface area contributed by atoms with Gasteiger partial charge in [0.2, 0.25) is 0 Å². The van der Waals surface area contributed by atoms with Crippen LogP contribution in [-0.2, 0) is 4.79 Å². The Morgan fingerprint density at radius 3 is 2.85 bits per heavy atom. The predicted molar refractivity (Wildman–Crippen MR) is 47.8 cm³/mol. The lowest BCUT2D eigenvalue weighted by Crippen LogP contribution is -2.08. The van der Waals surface area contributed by atoms with Crippen molar-refractivity contribution in [1.29, 1.82) is 0 Å². The number of halogens is 1. The first-order valence-electron chi connectivity index (χ1n) is 3.61. The molecule has 0 atom stereocenters. The summed E-state index contributed by atoms with van der Waals surface area (Å²) in [6.07, 6.45) is 2.89. The van der Waals surface area contributed by atoms with Gasteiger partial charge in [-0.1, -0.05) is 11.6 Å². The predicted octanol–water partition coefficient (Wildman–Crippen LogP) is 1.02. The molecule has 0 saturated heterocycles. The van der Waals surface area contributed by atoms with Gasteiger partial charge in [-0.3, -0.25) is 4.79 Å². The third-order valence-corrected chi connectivity index (χ3v) is 1.46. The SMILES string of the molecule is O=C(O)CCNc1cnc(Cl)cn1. The highest BCUT2D eigenvalue weighted by atomic mass is 35.5. The number of aromatic nitrogens is 2. The van der Waals surface area contributed by atoms with E-state index in [2.05, 4.69) is 15.3 Å². The van der Waals surface area contributed by atoms with E-state index in [-0.39, 0.29) is 6.42 Å². The number of carboxylic acids is 1. The molecule has 0 aliphatic carbocycles. The van der Waals surface area contributed by atoms with Crippen molar-refractivity contribution in [2.45, 2.75) is 6.42 Å². The summed E-state index contributed by atoms with van der Waals surface area (Å²) >= 11 is 5.50. The number of rotatable bonds is 4. The van der Waals surface area contributed by atoms with Crippen molar-refractivity contribution in [3.8, 4) is 0 Å². The van der Waals surface area contributed by atoms with Crippen molar-refractivity contribution < 1.29 is 9.90 Å². The summed E-state index contributed by atoms with van der Waals surface area (Å²) in [6.45, 7) is 0.325. The molecule has 1 aromatic rings. The van der Waals surface area contributed by atoms with Crippen molar-refractivity contribution >= 4 is 23.4 Å². The standard InChI is InChI=1S/C7H8ClN3O2/c8-5-3-11-6(4-10-5)9-2-1-7(12)13/h3-4H,1-2H2,(H,9,11)(H,12,13). The molecule has 6 heteroatoms. The first kappa shape index (κ1) is 9.73. The van der Waals surface area contributed by atoms with Gasteiger partial charge in [-0.05, 0) is 0 Å². The third-order valence-electron chi connectivity index (χ3n) is 1.27. The number of carboxylic acid groups (broad SMARTS) is 1. The van der Waals surface area contributed by atoms with E-state index in [4.69, 9.17) is 16.7 Å².